The molecule has 2 aromatic rings. The van der Waals surface area contributed by atoms with Crippen LogP contribution < -0.4 is 10.5 Å². The number of rotatable bonds is 3. The van der Waals surface area contributed by atoms with Crippen LogP contribution in [0.15, 0.2) is 42.5 Å². The van der Waals surface area contributed by atoms with Gasteiger partial charge in [0.15, 0.2) is 0 Å². The number of nitriles is 1. The fourth-order valence-electron chi connectivity index (χ4n) is 1.51. The molecule has 2 rings (SSSR count). The third-order valence-corrected chi connectivity index (χ3v) is 2.75. The molecule has 4 heteroatoms. The van der Waals surface area contributed by atoms with Crippen molar-refractivity contribution >= 4 is 17.3 Å². The van der Waals surface area contributed by atoms with Crippen LogP contribution in [0.1, 0.15) is 11.1 Å². The third-order valence-electron chi connectivity index (χ3n) is 2.49. The molecule has 0 bridgehead atoms. The Morgan fingerprint density at radius 2 is 1.89 bits per heavy atom. The molecule has 0 aromatic heterocycles. The van der Waals surface area contributed by atoms with E-state index in [1.54, 1.807) is 30.3 Å². The molecule has 0 aliphatic heterocycles. The minimum absolute atomic E-state index is 0.369. The first-order chi connectivity index (χ1) is 8.70. The number of para-hydroxylation sites is 1. The molecular weight excluding hydrogens is 248 g/mol. The van der Waals surface area contributed by atoms with Crippen LogP contribution in [-0.2, 0) is 6.61 Å². The van der Waals surface area contributed by atoms with Gasteiger partial charge in [0, 0.05) is 5.02 Å². The summed E-state index contributed by atoms with van der Waals surface area (Å²) in [7, 11) is 0. The van der Waals surface area contributed by atoms with E-state index in [4.69, 9.17) is 27.3 Å². The van der Waals surface area contributed by atoms with E-state index in [1.807, 2.05) is 18.2 Å². The minimum atomic E-state index is 0.369. The van der Waals surface area contributed by atoms with Gasteiger partial charge in [-0.05, 0) is 29.8 Å². The van der Waals surface area contributed by atoms with E-state index in [0.717, 1.165) is 5.56 Å². The number of nitrogens with zero attached hydrogens (tertiary/aromatic N) is 1. The summed E-state index contributed by atoms with van der Waals surface area (Å²) in [5, 5.41) is 9.54. The van der Waals surface area contributed by atoms with E-state index in [0.29, 0.717) is 28.6 Å². The van der Waals surface area contributed by atoms with Crippen LogP contribution in [-0.4, -0.2) is 0 Å². The van der Waals surface area contributed by atoms with Crippen molar-refractivity contribution in [2.75, 3.05) is 5.73 Å². The van der Waals surface area contributed by atoms with Crippen LogP contribution in [0, 0.1) is 11.3 Å². The van der Waals surface area contributed by atoms with E-state index in [9.17, 15) is 0 Å². The largest absolute Gasteiger partial charge is 0.487 e. The van der Waals surface area contributed by atoms with Gasteiger partial charge in [-0.2, -0.15) is 5.26 Å². The van der Waals surface area contributed by atoms with E-state index in [-0.39, 0.29) is 0 Å². The zero-order chi connectivity index (χ0) is 13.0. The average molecular weight is 259 g/mol. The molecule has 0 saturated heterocycles. The maximum absolute atomic E-state index is 8.86. The molecule has 0 spiro atoms. The summed E-state index contributed by atoms with van der Waals surface area (Å²) >= 11 is 5.80. The molecule has 0 unspecified atom stereocenters. The van der Waals surface area contributed by atoms with E-state index in [2.05, 4.69) is 0 Å². The monoisotopic (exact) mass is 258 g/mol. The fourth-order valence-corrected chi connectivity index (χ4v) is 1.64. The van der Waals surface area contributed by atoms with Gasteiger partial charge in [-0.25, -0.2) is 0 Å². The molecule has 0 aliphatic carbocycles. The van der Waals surface area contributed by atoms with Crippen molar-refractivity contribution in [2.24, 2.45) is 0 Å². The Morgan fingerprint density at radius 3 is 2.56 bits per heavy atom. The lowest BCUT2D eigenvalue weighted by Gasteiger charge is -2.09. The molecule has 0 heterocycles. The number of hydrogen-bond acceptors (Lipinski definition) is 3. The van der Waals surface area contributed by atoms with Gasteiger partial charge in [0.2, 0.25) is 0 Å². The van der Waals surface area contributed by atoms with Gasteiger partial charge in [0.1, 0.15) is 18.4 Å². The predicted octanol–water partition coefficient (Wildman–Crippen LogP) is 3.37. The number of nitrogen functional groups attached to an aromatic ring is 1. The summed E-state index contributed by atoms with van der Waals surface area (Å²) in [6.07, 6.45) is 0. The molecule has 0 saturated carbocycles. The topological polar surface area (TPSA) is 59.0 Å². The fraction of sp³-hybridized carbons (Fsp3) is 0.0714. The summed E-state index contributed by atoms with van der Waals surface area (Å²) in [6, 6.07) is 14.5. The van der Waals surface area contributed by atoms with Crippen LogP contribution in [0.3, 0.4) is 0 Å². The Kier molecular flexibility index (Phi) is 3.71. The summed E-state index contributed by atoms with van der Waals surface area (Å²) in [5.41, 5.74) is 7.59. The molecule has 18 heavy (non-hydrogen) atoms. The highest BCUT2D eigenvalue weighted by molar-refractivity contribution is 6.30. The van der Waals surface area contributed by atoms with Crippen molar-refractivity contribution in [3.05, 3.63) is 58.6 Å². The number of benzene rings is 2. The molecule has 2 N–H and O–H groups in total. The molecule has 0 fully saturated rings. The second kappa shape index (κ2) is 5.44. The van der Waals surface area contributed by atoms with Gasteiger partial charge in [0.05, 0.1) is 11.3 Å². The normalized spacial score (nSPS) is 9.78. The highest BCUT2D eigenvalue weighted by atomic mass is 35.5. The summed E-state index contributed by atoms with van der Waals surface area (Å²) < 4.78 is 5.59. The maximum atomic E-state index is 8.86. The Morgan fingerprint density at radius 1 is 1.17 bits per heavy atom. The molecule has 2 aromatic carbocycles. The van der Waals surface area contributed by atoms with E-state index >= 15 is 0 Å². The van der Waals surface area contributed by atoms with Crippen molar-refractivity contribution in [1.29, 1.82) is 5.26 Å². The molecule has 0 amide bonds. The van der Waals surface area contributed by atoms with Crippen molar-refractivity contribution < 1.29 is 4.74 Å². The number of hydrogen-bond donors (Lipinski definition) is 1. The predicted molar refractivity (Wildman–Crippen MR) is 71.4 cm³/mol. The van der Waals surface area contributed by atoms with Crippen LogP contribution in [0.2, 0.25) is 5.02 Å². The van der Waals surface area contributed by atoms with Crippen LogP contribution in [0.25, 0.3) is 0 Å². The Bertz CT molecular complexity index is 588. The maximum Gasteiger partial charge on any atom is 0.144 e. The number of anilines is 1. The van der Waals surface area contributed by atoms with Crippen LogP contribution in [0.5, 0.6) is 5.75 Å². The lowest BCUT2D eigenvalue weighted by atomic mass is 10.2. The van der Waals surface area contributed by atoms with Gasteiger partial charge >= 0.3 is 0 Å². The number of ether oxygens (including phenoxy) is 1. The van der Waals surface area contributed by atoms with Crippen molar-refractivity contribution in [3.63, 3.8) is 0 Å². The second-order valence-corrected chi connectivity index (χ2v) is 4.18. The highest BCUT2D eigenvalue weighted by Crippen LogP contribution is 2.25. The summed E-state index contributed by atoms with van der Waals surface area (Å²) in [5.74, 6) is 0.518. The van der Waals surface area contributed by atoms with Crippen LogP contribution >= 0.6 is 11.6 Å². The van der Waals surface area contributed by atoms with Gasteiger partial charge in [-0.3, -0.25) is 0 Å². The van der Waals surface area contributed by atoms with E-state index in [1.165, 1.54) is 0 Å². The van der Waals surface area contributed by atoms with Crippen molar-refractivity contribution in [2.45, 2.75) is 6.61 Å². The first kappa shape index (κ1) is 12.3. The third kappa shape index (κ3) is 2.73. The highest BCUT2D eigenvalue weighted by Gasteiger charge is 2.05. The van der Waals surface area contributed by atoms with Gasteiger partial charge in [-0.15, -0.1) is 0 Å². The lowest BCUT2D eigenvalue weighted by molar-refractivity contribution is 0.308. The standard InChI is InChI=1S/C14H11ClN2O/c15-12-6-4-10(5-7-12)9-18-13-3-1-2-11(8-16)14(13)17/h1-7H,9,17H2. The number of nitrogens with two attached hydrogens (primary N) is 1. The zero-order valence-electron chi connectivity index (χ0n) is 9.56. The minimum Gasteiger partial charge on any atom is -0.487 e. The smallest absolute Gasteiger partial charge is 0.144 e. The van der Waals surface area contributed by atoms with Gasteiger partial charge in [0.25, 0.3) is 0 Å². The van der Waals surface area contributed by atoms with Crippen LogP contribution in [0.4, 0.5) is 5.69 Å². The van der Waals surface area contributed by atoms with Gasteiger partial charge < -0.3 is 10.5 Å². The molecular formula is C14H11ClN2O. The quantitative estimate of drug-likeness (QED) is 0.859. The SMILES string of the molecule is N#Cc1cccc(OCc2ccc(Cl)cc2)c1N. The number of halogens is 1. The lowest BCUT2D eigenvalue weighted by Crippen LogP contribution is -2.00. The molecule has 0 aliphatic rings. The van der Waals surface area contributed by atoms with E-state index < -0.39 is 0 Å². The Balaban J connectivity index is 2.11. The molecule has 0 atom stereocenters. The molecule has 0 radical (unpaired) electrons. The zero-order valence-corrected chi connectivity index (χ0v) is 10.3. The average Bonchev–Trinajstić information content (AvgIpc) is 2.39. The first-order valence-electron chi connectivity index (χ1n) is 5.36. The molecule has 90 valence electrons. The Hall–Kier alpha value is -2.18. The van der Waals surface area contributed by atoms with Gasteiger partial charge in [-0.1, -0.05) is 29.8 Å². The Labute approximate surface area is 110 Å². The first-order valence-corrected chi connectivity index (χ1v) is 5.74. The second-order valence-electron chi connectivity index (χ2n) is 3.74. The molecule has 3 nitrogen and oxygen atoms in total. The summed E-state index contributed by atoms with van der Waals surface area (Å²) in [4.78, 5) is 0. The summed E-state index contributed by atoms with van der Waals surface area (Å²) in [6.45, 7) is 0.385. The van der Waals surface area contributed by atoms with Crippen molar-refractivity contribution in [3.8, 4) is 11.8 Å². The van der Waals surface area contributed by atoms with Crippen molar-refractivity contribution in [1.82, 2.24) is 0 Å².